The van der Waals surface area contributed by atoms with Crippen LogP contribution in [0.15, 0.2) is 4.99 Å². The monoisotopic (exact) mass is 205 g/mol. The second-order valence-electron chi connectivity index (χ2n) is 2.96. The van der Waals surface area contributed by atoms with E-state index in [4.69, 9.17) is 14.4 Å². The van der Waals surface area contributed by atoms with Gasteiger partial charge in [-0.25, -0.2) is 0 Å². The van der Waals surface area contributed by atoms with E-state index in [-0.39, 0.29) is 6.04 Å². The molecule has 0 aromatic rings. The van der Waals surface area contributed by atoms with Crippen molar-refractivity contribution in [2.24, 2.45) is 4.99 Å². The third kappa shape index (κ3) is 4.83. The molecule has 0 aliphatic carbocycles. The van der Waals surface area contributed by atoms with E-state index >= 15 is 0 Å². The number of rotatable bonds is 4. The highest BCUT2D eigenvalue weighted by molar-refractivity contribution is 6.56. The zero-order valence-corrected chi connectivity index (χ0v) is 8.32. The van der Waals surface area contributed by atoms with Crippen LogP contribution in [0.5, 0.6) is 0 Å². The van der Waals surface area contributed by atoms with Crippen molar-refractivity contribution in [1.29, 1.82) is 0 Å². The fourth-order valence-electron chi connectivity index (χ4n) is 1.05. The van der Waals surface area contributed by atoms with Crippen molar-refractivity contribution in [2.75, 3.05) is 19.6 Å². The molecule has 0 spiro atoms. The normalized spacial score (nSPS) is 16.7. The summed E-state index contributed by atoms with van der Waals surface area (Å²) in [4.78, 5) is 30.1. The number of hydrogen-bond donors (Lipinski definition) is 5. The first-order valence-corrected chi connectivity index (χ1v) is 6.32. The number of nitrogens with zero attached hydrogens (tertiary/aromatic N) is 1. The molecule has 1 aliphatic rings. The first kappa shape index (κ1) is 10.4. The molecule has 6 nitrogen and oxygen atoms in total. The van der Waals surface area contributed by atoms with Gasteiger partial charge in [-0.2, -0.15) is 0 Å². The Kier molecular flexibility index (Phi) is 3.67. The molecule has 0 saturated carbocycles. The minimum Gasteiger partial charge on any atom is -0.390 e. The van der Waals surface area contributed by atoms with Crippen molar-refractivity contribution in [3.8, 4) is 0 Å². The van der Waals surface area contributed by atoms with Crippen molar-refractivity contribution in [3.63, 3.8) is 0 Å². The standard InChI is InChI=1S/C6H15N3O3Si/c10-13(11,12)5-1-2-7-6-8-3-4-9-6/h10-12H,1-5H2,(H2,7,8,9). The maximum atomic E-state index is 8.69. The zero-order valence-electron chi connectivity index (χ0n) is 7.32. The molecule has 0 unspecified atom stereocenters. The molecule has 5 N–H and O–H groups in total. The van der Waals surface area contributed by atoms with E-state index in [0.717, 1.165) is 19.0 Å². The molecule has 1 rings (SSSR count). The van der Waals surface area contributed by atoms with Crippen LogP contribution in [0.4, 0.5) is 0 Å². The summed E-state index contributed by atoms with van der Waals surface area (Å²) in [5.41, 5.74) is 0. The Morgan fingerprint density at radius 3 is 2.77 bits per heavy atom. The van der Waals surface area contributed by atoms with Crippen molar-refractivity contribution in [2.45, 2.75) is 12.5 Å². The van der Waals surface area contributed by atoms with Gasteiger partial charge in [0.25, 0.3) is 0 Å². The molecule has 0 bridgehead atoms. The Bertz CT molecular complexity index is 192. The lowest BCUT2D eigenvalue weighted by atomic mass is 10.5. The molecular formula is C6H15N3O3Si. The molecule has 0 amide bonds. The summed E-state index contributed by atoms with van der Waals surface area (Å²) in [6.07, 6.45) is 0.524. The third-order valence-electron chi connectivity index (χ3n) is 1.66. The van der Waals surface area contributed by atoms with Crippen LogP contribution in [0.2, 0.25) is 6.04 Å². The SMILES string of the molecule is O[Si](O)(O)CCCNC1=NCCN1. The van der Waals surface area contributed by atoms with Gasteiger partial charge in [-0.05, 0) is 6.42 Å². The molecule has 76 valence electrons. The highest BCUT2D eigenvalue weighted by atomic mass is 28.4. The van der Waals surface area contributed by atoms with Crippen LogP contribution < -0.4 is 10.6 Å². The van der Waals surface area contributed by atoms with E-state index < -0.39 is 8.80 Å². The predicted octanol–water partition coefficient (Wildman–Crippen LogP) is -2.16. The fourth-order valence-corrected chi connectivity index (χ4v) is 1.70. The Labute approximate surface area is 77.7 Å². The Hall–Kier alpha value is -0.633. The van der Waals surface area contributed by atoms with Gasteiger partial charge in [0, 0.05) is 19.1 Å². The topological polar surface area (TPSA) is 97.1 Å². The van der Waals surface area contributed by atoms with Crippen LogP contribution >= 0.6 is 0 Å². The minimum atomic E-state index is -3.83. The second-order valence-corrected chi connectivity index (χ2v) is 5.01. The van der Waals surface area contributed by atoms with E-state index in [0.29, 0.717) is 13.0 Å². The molecule has 0 fully saturated rings. The maximum Gasteiger partial charge on any atom is 0.492 e. The quantitative estimate of drug-likeness (QED) is 0.266. The molecule has 1 heterocycles. The van der Waals surface area contributed by atoms with E-state index in [1.807, 2.05) is 0 Å². The molecule has 0 aromatic heterocycles. The van der Waals surface area contributed by atoms with Gasteiger partial charge in [-0.3, -0.25) is 4.99 Å². The molecule has 0 radical (unpaired) electrons. The Morgan fingerprint density at radius 1 is 1.46 bits per heavy atom. The summed E-state index contributed by atoms with van der Waals surface area (Å²) in [7, 11) is -3.83. The largest absolute Gasteiger partial charge is 0.492 e. The van der Waals surface area contributed by atoms with Crippen molar-refractivity contribution < 1.29 is 14.4 Å². The van der Waals surface area contributed by atoms with Crippen LogP contribution in [0.25, 0.3) is 0 Å². The first-order valence-electron chi connectivity index (χ1n) is 4.27. The van der Waals surface area contributed by atoms with Crippen molar-refractivity contribution in [1.82, 2.24) is 10.6 Å². The average molecular weight is 205 g/mol. The smallest absolute Gasteiger partial charge is 0.390 e. The van der Waals surface area contributed by atoms with Crippen LogP contribution in [0.1, 0.15) is 6.42 Å². The summed E-state index contributed by atoms with van der Waals surface area (Å²) in [5.74, 6) is 0.751. The molecular weight excluding hydrogens is 190 g/mol. The highest BCUT2D eigenvalue weighted by Gasteiger charge is 2.25. The van der Waals surface area contributed by atoms with Gasteiger partial charge in [0.1, 0.15) is 0 Å². The first-order chi connectivity index (χ1) is 6.08. The lowest BCUT2D eigenvalue weighted by Gasteiger charge is -2.09. The maximum absolute atomic E-state index is 8.69. The third-order valence-corrected chi connectivity index (χ3v) is 2.68. The summed E-state index contributed by atoms with van der Waals surface area (Å²) in [5, 5.41) is 6.00. The summed E-state index contributed by atoms with van der Waals surface area (Å²) >= 11 is 0. The van der Waals surface area contributed by atoms with Gasteiger partial charge in [-0.15, -0.1) is 0 Å². The molecule has 0 saturated heterocycles. The van der Waals surface area contributed by atoms with E-state index in [2.05, 4.69) is 15.6 Å². The van der Waals surface area contributed by atoms with Gasteiger partial charge in [0.2, 0.25) is 0 Å². The summed E-state index contributed by atoms with van der Waals surface area (Å²) in [6.45, 7) is 2.21. The fraction of sp³-hybridized carbons (Fsp3) is 0.833. The van der Waals surface area contributed by atoms with E-state index in [1.54, 1.807) is 0 Å². The minimum absolute atomic E-state index is 0.0628. The molecule has 1 aliphatic heterocycles. The number of hydrogen-bond acceptors (Lipinski definition) is 6. The van der Waals surface area contributed by atoms with Crippen LogP contribution in [-0.4, -0.2) is 48.8 Å². The summed E-state index contributed by atoms with van der Waals surface area (Å²) in [6, 6.07) is 0.0628. The Balaban J connectivity index is 2.01. The molecule has 13 heavy (non-hydrogen) atoms. The van der Waals surface area contributed by atoms with Crippen molar-refractivity contribution in [3.05, 3.63) is 0 Å². The summed E-state index contributed by atoms with van der Waals surface area (Å²) < 4.78 is 0. The lowest BCUT2D eigenvalue weighted by Crippen LogP contribution is -2.37. The lowest BCUT2D eigenvalue weighted by molar-refractivity contribution is 0.226. The van der Waals surface area contributed by atoms with Gasteiger partial charge in [-0.1, -0.05) is 0 Å². The highest BCUT2D eigenvalue weighted by Crippen LogP contribution is 1.99. The van der Waals surface area contributed by atoms with Gasteiger partial charge in [0.05, 0.1) is 6.54 Å². The van der Waals surface area contributed by atoms with E-state index in [1.165, 1.54) is 0 Å². The van der Waals surface area contributed by atoms with Gasteiger partial charge < -0.3 is 25.0 Å². The van der Waals surface area contributed by atoms with Crippen LogP contribution in [0, 0.1) is 0 Å². The predicted molar refractivity (Wildman–Crippen MR) is 50.1 cm³/mol. The van der Waals surface area contributed by atoms with Gasteiger partial charge >= 0.3 is 8.80 Å². The molecule has 0 atom stereocenters. The molecule has 0 aromatic carbocycles. The Morgan fingerprint density at radius 2 is 2.23 bits per heavy atom. The second kappa shape index (κ2) is 4.56. The van der Waals surface area contributed by atoms with Crippen molar-refractivity contribution >= 4 is 14.8 Å². The van der Waals surface area contributed by atoms with Crippen LogP contribution in [0.3, 0.4) is 0 Å². The average Bonchev–Trinajstić information content (AvgIpc) is 2.48. The van der Waals surface area contributed by atoms with E-state index in [9.17, 15) is 0 Å². The number of aliphatic imine (C=N–C) groups is 1. The van der Waals surface area contributed by atoms with Gasteiger partial charge in [0.15, 0.2) is 5.96 Å². The zero-order chi connectivity index (χ0) is 9.73. The number of guanidine groups is 1. The van der Waals surface area contributed by atoms with Crippen LogP contribution in [-0.2, 0) is 0 Å². The number of nitrogens with one attached hydrogen (secondary N) is 2. The molecule has 7 heteroatoms.